The van der Waals surface area contributed by atoms with Crippen LogP contribution in [0.2, 0.25) is 0 Å². The third-order valence-electron chi connectivity index (χ3n) is 3.38. The second-order valence-corrected chi connectivity index (χ2v) is 4.98. The summed E-state index contributed by atoms with van der Waals surface area (Å²) in [6.07, 6.45) is 2.78. The number of hydrogen-bond acceptors (Lipinski definition) is 4. The molecule has 1 fully saturated rings. The highest BCUT2D eigenvalue weighted by molar-refractivity contribution is 5.75. The maximum Gasteiger partial charge on any atom is 0.222 e. The molecule has 18 heavy (non-hydrogen) atoms. The quantitative estimate of drug-likeness (QED) is 0.797. The zero-order chi connectivity index (χ0) is 13.0. The summed E-state index contributed by atoms with van der Waals surface area (Å²) in [5.41, 5.74) is 0. The van der Waals surface area contributed by atoms with Gasteiger partial charge in [-0.25, -0.2) is 4.98 Å². The van der Waals surface area contributed by atoms with E-state index < -0.39 is 0 Å². The second-order valence-electron chi connectivity index (χ2n) is 4.98. The van der Waals surface area contributed by atoms with E-state index in [1.807, 2.05) is 6.92 Å². The molecule has 1 unspecified atom stereocenters. The Labute approximate surface area is 107 Å². The molecule has 1 aromatic heterocycles. The molecular weight excluding hydrogens is 230 g/mol. The number of rotatable bonds is 5. The summed E-state index contributed by atoms with van der Waals surface area (Å²) < 4.78 is 0. The highest BCUT2D eigenvalue weighted by Gasteiger charge is 2.17. The Bertz CT molecular complexity index is 397. The van der Waals surface area contributed by atoms with Crippen molar-refractivity contribution in [2.75, 3.05) is 20.1 Å². The van der Waals surface area contributed by atoms with Crippen LogP contribution in [0.3, 0.4) is 0 Å². The van der Waals surface area contributed by atoms with Gasteiger partial charge in [0.2, 0.25) is 5.91 Å². The van der Waals surface area contributed by atoms with Crippen LogP contribution in [0.1, 0.15) is 30.9 Å². The van der Waals surface area contributed by atoms with Crippen LogP contribution in [0.15, 0.2) is 0 Å². The molecule has 1 saturated heterocycles. The lowest BCUT2D eigenvalue weighted by atomic mass is 10.0. The van der Waals surface area contributed by atoms with Crippen LogP contribution in [0.4, 0.5) is 0 Å². The molecule has 1 atom stereocenters. The molecule has 1 amide bonds. The van der Waals surface area contributed by atoms with Crippen LogP contribution >= 0.6 is 0 Å². The van der Waals surface area contributed by atoms with Crippen LogP contribution in [-0.4, -0.2) is 46.1 Å². The monoisotopic (exact) mass is 251 g/mol. The molecule has 1 aliphatic heterocycles. The summed E-state index contributed by atoms with van der Waals surface area (Å²) in [6, 6.07) is 0. The minimum absolute atomic E-state index is 0.171. The van der Waals surface area contributed by atoms with Crippen LogP contribution in [0.5, 0.6) is 0 Å². The van der Waals surface area contributed by atoms with Gasteiger partial charge >= 0.3 is 0 Å². The zero-order valence-electron chi connectivity index (χ0n) is 11.1. The number of aromatic nitrogens is 3. The highest BCUT2D eigenvalue weighted by atomic mass is 16.2. The van der Waals surface area contributed by atoms with E-state index in [0.717, 1.165) is 25.3 Å². The minimum atomic E-state index is 0.171. The van der Waals surface area contributed by atoms with E-state index in [2.05, 4.69) is 20.5 Å². The van der Waals surface area contributed by atoms with Gasteiger partial charge in [0, 0.05) is 13.5 Å². The predicted octanol–water partition coefficient (Wildman–Crippen LogP) is 0.461. The Morgan fingerprint density at radius 3 is 3.00 bits per heavy atom. The summed E-state index contributed by atoms with van der Waals surface area (Å²) in [5.74, 6) is 2.28. The Hall–Kier alpha value is -1.43. The number of aromatic amines is 1. The predicted molar refractivity (Wildman–Crippen MR) is 67.8 cm³/mol. The number of aryl methyl sites for hydroxylation is 1. The fourth-order valence-electron chi connectivity index (χ4n) is 2.24. The number of amides is 1. The average Bonchev–Trinajstić information content (AvgIpc) is 2.97. The molecular formula is C12H21N5O. The van der Waals surface area contributed by atoms with Crippen molar-refractivity contribution in [3.8, 4) is 0 Å². The largest absolute Gasteiger partial charge is 0.338 e. The first-order chi connectivity index (χ1) is 8.65. The molecule has 0 spiro atoms. The Morgan fingerprint density at radius 2 is 2.39 bits per heavy atom. The first kappa shape index (κ1) is 13.0. The van der Waals surface area contributed by atoms with E-state index >= 15 is 0 Å². The highest BCUT2D eigenvalue weighted by Crippen LogP contribution is 2.15. The third kappa shape index (κ3) is 3.53. The molecule has 0 saturated carbocycles. The topological polar surface area (TPSA) is 73.9 Å². The lowest BCUT2D eigenvalue weighted by Crippen LogP contribution is -2.27. The Balaban J connectivity index is 1.74. The molecule has 0 aromatic carbocycles. The summed E-state index contributed by atoms with van der Waals surface area (Å²) >= 11 is 0. The number of carbonyl (C=O) groups excluding carboxylic acids is 1. The van der Waals surface area contributed by atoms with Crippen molar-refractivity contribution in [2.45, 2.75) is 32.7 Å². The van der Waals surface area contributed by atoms with Crippen molar-refractivity contribution < 1.29 is 4.79 Å². The molecule has 0 bridgehead atoms. The van der Waals surface area contributed by atoms with Crippen molar-refractivity contribution in [1.29, 1.82) is 0 Å². The standard InChI is InChI=1S/C12H21N5O/c1-9-14-11(16-15-9)8-17(2)12(18)4-3-10-5-6-13-7-10/h10,13H,3-8H2,1-2H3,(H,14,15,16). The van der Waals surface area contributed by atoms with Crippen LogP contribution in [0, 0.1) is 12.8 Å². The second kappa shape index (κ2) is 5.95. The number of carbonyl (C=O) groups is 1. The minimum Gasteiger partial charge on any atom is -0.338 e. The summed E-state index contributed by atoms with van der Waals surface area (Å²) in [7, 11) is 1.81. The van der Waals surface area contributed by atoms with Gasteiger partial charge in [0.1, 0.15) is 5.82 Å². The molecule has 100 valence electrons. The van der Waals surface area contributed by atoms with Gasteiger partial charge in [0.15, 0.2) is 5.82 Å². The van der Waals surface area contributed by atoms with E-state index in [-0.39, 0.29) is 5.91 Å². The lowest BCUT2D eigenvalue weighted by molar-refractivity contribution is -0.130. The first-order valence-electron chi connectivity index (χ1n) is 6.47. The van der Waals surface area contributed by atoms with Gasteiger partial charge in [0.05, 0.1) is 6.54 Å². The molecule has 6 nitrogen and oxygen atoms in total. The van der Waals surface area contributed by atoms with E-state index in [4.69, 9.17) is 0 Å². The zero-order valence-corrected chi connectivity index (χ0v) is 11.1. The maximum absolute atomic E-state index is 12.0. The molecule has 0 radical (unpaired) electrons. The van der Waals surface area contributed by atoms with E-state index in [0.29, 0.717) is 24.7 Å². The number of H-pyrrole nitrogens is 1. The molecule has 2 N–H and O–H groups in total. The van der Waals surface area contributed by atoms with E-state index in [1.165, 1.54) is 6.42 Å². The van der Waals surface area contributed by atoms with Gasteiger partial charge < -0.3 is 10.2 Å². The molecule has 6 heteroatoms. The van der Waals surface area contributed by atoms with Crippen LogP contribution in [0.25, 0.3) is 0 Å². The molecule has 1 aliphatic rings. The maximum atomic E-state index is 12.0. The molecule has 0 aliphatic carbocycles. The van der Waals surface area contributed by atoms with E-state index in [1.54, 1.807) is 11.9 Å². The average molecular weight is 251 g/mol. The van der Waals surface area contributed by atoms with Gasteiger partial charge in [-0.1, -0.05) is 0 Å². The van der Waals surface area contributed by atoms with Gasteiger partial charge in [-0.15, -0.1) is 0 Å². The van der Waals surface area contributed by atoms with Gasteiger partial charge in [0.25, 0.3) is 0 Å². The van der Waals surface area contributed by atoms with Crippen LogP contribution in [-0.2, 0) is 11.3 Å². The van der Waals surface area contributed by atoms with Gasteiger partial charge in [-0.3, -0.25) is 9.89 Å². The van der Waals surface area contributed by atoms with Gasteiger partial charge in [-0.05, 0) is 38.8 Å². The summed E-state index contributed by atoms with van der Waals surface area (Å²) in [4.78, 5) is 17.9. The van der Waals surface area contributed by atoms with Crippen molar-refractivity contribution in [3.63, 3.8) is 0 Å². The molecule has 1 aromatic rings. The first-order valence-corrected chi connectivity index (χ1v) is 6.47. The van der Waals surface area contributed by atoms with Crippen molar-refractivity contribution in [2.24, 2.45) is 5.92 Å². The van der Waals surface area contributed by atoms with E-state index in [9.17, 15) is 4.79 Å². The Morgan fingerprint density at radius 1 is 1.56 bits per heavy atom. The van der Waals surface area contributed by atoms with Gasteiger partial charge in [-0.2, -0.15) is 5.10 Å². The smallest absolute Gasteiger partial charge is 0.222 e. The third-order valence-corrected chi connectivity index (χ3v) is 3.38. The Kier molecular flexibility index (Phi) is 4.30. The fraction of sp³-hybridized carbons (Fsp3) is 0.750. The molecule has 2 heterocycles. The summed E-state index contributed by atoms with van der Waals surface area (Å²) in [5, 5.41) is 10.1. The fourth-order valence-corrected chi connectivity index (χ4v) is 2.24. The van der Waals surface area contributed by atoms with Crippen LogP contribution < -0.4 is 5.32 Å². The van der Waals surface area contributed by atoms with Crippen molar-refractivity contribution >= 4 is 5.91 Å². The SMILES string of the molecule is Cc1nc(CN(C)C(=O)CCC2CCNC2)n[nH]1. The number of hydrogen-bond donors (Lipinski definition) is 2. The summed E-state index contributed by atoms with van der Waals surface area (Å²) in [6.45, 7) is 4.47. The number of nitrogens with zero attached hydrogens (tertiary/aromatic N) is 3. The normalized spacial score (nSPS) is 19.1. The molecule has 2 rings (SSSR count). The lowest BCUT2D eigenvalue weighted by Gasteiger charge is -2.16. The van der Waals surface area contributed by atoms with Crippen molar-refractivity contribution in [1.82, 2.24) is 25.4 Å². The number of nitrogens with one attached hydrogen (secondary N) is 2. The van der Waals surface area contributed by atoms with Crippen molar-refractivity contribution in [3.05, 3.63) is 11.6 Å².